The monoisotopic (exact) mass is 258 g/mol. The lowest BCUT2D eigenvalue weighted by molar-refractivity contribution is 0.466. The van der Waals surface area contributed by atoms with Gasteiger partial charge in [0.15, 0.2) is 0 Å². The Hall–Kier alpha value is -1.96. The summed E-state index contributed by atoms with van der Waals surface area (Å²) in [5.41, 5.74) is 2.30. The summed E-state index contributed by atoms with van der Waals surface area (Å²) in [7, 11) is 0. The molecular weight excluding hydrogens is 236 g/mol. The molecule has 2 N–H and O–H groups in total. The van der Waals surface area contributed by atoms with Gasteiger partial charge in [-0.25, -0.2) is 0 Å². The van der Waals surface area contributed by atoms with Gasteiger partial charge >= 0.3 is 0 Å². The van der Waals surface area contributed by atoms with E-state index in [-0.39, 0.29) is 0 Å². The van der Waals surface area contributed by atoms with Crippen LogP contribution in [0.5, 0.6) is 11.5 Å². The third-order valence-electron chi connectivity index (χ3n) is 2.79. The lowest BCUT2D eigenvalue weighted by Crippen LogP contribution is -1.86. The molecule has 2 heteroatoms. The van der Waals surface area contributed by atoms with Crippen LogP contribution in [0.2, 0.25) is 0 Å². The van der Waals surface area contributed by atoms with E-state index in [1.807, 2.05) is 12.1 Å². The molecule has 2 rings (SSSR count). The van der Waals surface area contributed by atoms with Gasteiger partial charge in [0.2, 0.25) is 0 Å². The largest absolute Gasteiger partial charge is 0.508 e. The average Bonchev–Trinajstić information content (AvgIpc) is 2.41. The van der Waals surface area contributed by atoms with E-state index in [0.29, 0.717) is 11.5 Å². The van der Waals surface area contributed by atoms with Crippen molar-refractivity contribution in [1.29, 1.82) is 0 Å². The summed E-state index contributed by atoms with van der Waals surface area (Å²) in [6.07, 6.45) is 3.31. The van der Waals surface area contributed by atoms with Crippen LogP contribution in [0.15, 0.2) is 48.5 Å². The molecule has 0 unspecified atom stereocenters. The highest BCUT2D eigenvalue weighted by Crippen LogP contribution is 2.19. The molecule has 0 spiro atoms. The second-order valence-electron chi connectivity index (χ2n) is 4.57. The number of phenolic OH excluding ortho intramolecular Hbond substituents is 2. The van der Waals surface area contributed by atoms with Gasteiger partial charge in [-0.15, -0.1) is 0 Å². The van der Waals surface area contributed by atoms with Crippen molar-refractivity contribution in [1.82, 2.24) is 0 Å². The summed E-state index contributed by atoms with van der Waals surface area (Å²) in [6.45, 7) is 4.21. The van der Waals surface area contributed by atoms with E-state index >= 15 is 0 Å². The molecule has 0 aliphatic heterocycles. The third-order valence-corrected chi connectivity index (χ3v) is 2.79. The van der Waals surface area contributed by atoms with Crippen molar-refractivity contribution in [3.8, 4) is 11.5 Å². The van der Waals surface area contributed by atoms with Crippen LogP contribution in [0.25, 0.3) is 0 Å². The summed E-state index contributed by atoms with van der Waals surface area (Å²) in [5, 5.41) is 18.1. The Morgan fingerprint density at radius 2 is 1.63 bits per heavy atom. The summed E-state index contributed by atoms with van der Waals surface area (Å²) < 4.78 is 0. The van der Waals surface area contributed by atoms with E-state index in [1.54, 1.807) is 30.3 Å². The molecule has 0 saturated carbocycles. The van der Waals surface area contributed by atoms with E-state index < -0.39 is 0 Å². The molecular formula is C17H22O2. The number of aromatic hydroxyl groups is 2. The quantitative estimate of drug-likeness (QED) is 0.854. The fourth-order valence-electron chi connectivity index (χ4n) is 1.71. The van der Waals surface area contributed by atoms with Crippen molar-refractivity contribution in [2.24, 2.45) is 0 Å². The van der Waals surface area contributed by atoms with Crippen molar-refractivity contribution in [2.75, 3.05) is 0 Å². The summed E-state index contributed by atoms with van der Waals surface area (Å²) in [6, 6.07) is 14.5. The highest BCUT2D eigenvalue weighted by Gasteiger charge is 1.99. The number of aryl methyl sites for hydroxylation is 2. The fraction of sp³-hybridized carbons (Fsp3) is 0.294. The zero-order chi connectivity index (χ0) is 14.1. The minimum Gasteiger partial charge on any atom is -0.508 e. The maximum Gasteiger partial charge on any atom is 0.118 e. The summed E-state index contributed by atoms with van der Waals surface area (Å²) in [5.74, 6) is 0.761. The van der Waals surface area contributed by atoms with Gasteiger partial charge in [-0.1, -0.05) is 49.2 Å². The van der Waals surface area contributed by atoms with E-state index in [9.17, 15) is 5.11 Å². The first-order chi connectivity index (χ1) is 9.13. The number of benzene rings is 2. The molecule has 2 nitrogen and oxygen atoms in total. The van der Waals surface area contributed by atoms with Crippen LogP contribution in [-0.2, 0) is 6.42 Å². The normalized spacial score (nSPS) is 9.58. The molecule has 0 aliphatic carbocycles. The Kier molecular flexibility index (Phi) is 6.51. The summed E-state index contributed by atoms with van der Waals surface area (Å²) in [4.78, 5) is 0. The Bertz CT molecular complexity index is 478. The predicted octanol–water partition coefficient (Wildman–Crippen LogP) is 4.44. The fourth-order valence-corrected chi connectivity index (χ4v) is 1.71. The molecule has 0 atom stereocenters. The number of hydrogen-bond acceptors (Lipinski definition) is 2. The van der Waals surface area contributed by atoms with E-state index in [4.69, 9.17) is 5.11 Å². The van der Waals surface area contributed by atoms with Gasteiger partial charge in [-0.3, -0.25) is 0 Å². The van der Waals surface area contributed by atoms with E-state index in [1.165, 1.54) is 12.0 Å². The van der Waals surface area contributed by atoms with Crippen molar-refractivity contribution < 1.29 is 10.2 Å². The number of rotatable bonds is 3. The molecule has 19 heavy (non-hydrogen) atoms. The minimum absolute atomic E-state index is 0.322. The van der Waals surface area contributed by atoms with Crippen LogP contribution in [0, 0.1) is 6.92 Å². The van der Waals surface area contributed by atoms with Crippen molar-refractivity contribution in [3.05, 3.63) is 59.7 Å². The second kappa shape index (κ2) is 8.20. The highest BCUT2D eigenvalue weighted by atomic mass is 16.3. The Labute approximate surface area is 115 Å². The van der Waals surface area contributed by atoms with Gasteiger partial charge in [-0.05, 0) is 43.5 Å². The molecule has 0 saturated heterocycles. The molecule has 0 aromatic heterocycles. The second-order valence-corrected chi connectivity index (χ2v) is 4.57. The zero-order valence-electron chi connectivity index (χ0n) is 11.6. The standard InChI is InChI=1S/C11H16O.C6H6O/c1-3-4-5-10-8-9(2)6-7-11(10)12;7-6-4-2-1-3-5-6/h6-8,12H,3-5H2,1-2H3;1-5,7H. The number of hydrogen-bond donors (Lipinski definition) is 2. The number of para-hydroxylation sites is 1. The predicted molar refractivity (Wildman–Crippen MR) is 79.6 cm³/mol. The molecule has 0 heterocycles. The van der Waals surface area contributed by atoms with Crippen LogP contribution in [-0.4, -0.2) is 10.2 Å². The lowest BCUT2D eigenvalue weighted by atomic mass is 10.1. The lowest BCUT2D eigenvalue weighted by Gasteiger charge is -2.04. The zero-order valence-corrected chi connectivity index (χ0v) is 11.6. The maximum atomic E-state index is 9.46. The van der Waals surface area contributed by atoms with Crippen molar-refractivity contribution in [3.63, 3.8) is 0 Å². The SMILES string of the molecule is CCCCc1cc(C)ccc1O.Oc1ccccc1. The molecule has 0 amide bonds. The molecule has 2 aromatic rings. The highest BCUT2D eigenvalue weighted by molar-refractivity contribution is 5.35. The molecule has 0 radical (unpaired) electrons. The molecule has 0 fully saturated rings. The van der Waals surface area contributed by atoms with Gasteiger partial charge in [0, 0.05) is 0 Å². The Balaban J connectivity index is 0.000000218. The summed E-state index contributed by atoms with van der Waals surface area (Å²) >= 11 is 0. The smallest absolute Gasteiger partial charge is 0.118 e. The van der Waals surface area contributed by atoms with Crippen molar-refractivity contribution >= 4 is 0 Å². The van der Waals surface area contributed by atoms with E-state index in [0.717, 1.165) is 18.4 Å². The average molecular weight is 258 g/mol. The molecule has 0 aliphatic rings. The van der Waals surface area contributed by atoms with Gasteiger partial charge < -0.3 is 10.2 Å². The van der Waals surface area contributed by atoms with Gasteiger partial charge in [0.1, 0.15) is 11.5 Å². The van der Waals surface area contributed by atoms with Crippen LogP contribution in [0.4, 0.5) is 0 Å². The van der Waals surface area contributed by atoms with Gasteiger partial charge in [-0.2, -0.15) is 0 Å². The molecule has 0 bridgehead atoms. The number of phenols is 2. The first-order valence-corrected chi connectivity index (χ1v) is 6.66. The third kappa shape index (κ3) is 5.96. The van der Waals surface area contributed by atoms with Crippen LogP contribution >= 0.6 is 0 Å². The van der Waals surface area contributed by atoms with Crippen LogP contribution < -0.4 is 0 Å². The first-order valence-electron chi connectivity index (χ1n) is 6.66. The topological polar surface area (TPSA) is 40.5 Å². The maximum absolute atomic E-state index is 9.46. The Morgan fingerprint density at radius 1 is 0.947 bits per heavy atom. The minimum atomic E-state index is 0.322. The molecule has 2 aromatic carbocycles. The Morgan fingerprint density at radius 3 is 2.16 bits per heavy atom. The molecule has 102 valence electrons. The van der Waals surface area contributed by atoms with Gasteiger partial charge in [0.05, 0.1) is 0 Å². The number of unbranched alkanes of at least 4 members (excludes halogenated alkanes) is 1. The first kappa shape index (κ1) is 15.1. The van der Waals surface area contributed by atoms with E-state index in [2.05, 4.69) is 19.9 Å². The van der Waals surface area contributed by atoms with Crippen molar-refractivity contribution in [2.45, 2.75) is 33.1 Å². The van der Waals surface area contributed by atoms with Crippen LogP contribution in [0.3, 0.4) is 0 Å². The van der Waals surface area contributed by atoms with Crippen LogP contribution in [0.1, 0.15) is 30.9 Å². The van der Waals surface area contributed by atoms with Gasteiger partial charge in [0.25, 0.3) is 0 Å².